The van der Waals surface area contributed by atoms with Crippen molar-refractivity contribution in [2.75, 3.05) is 0 Å². The third-order valence-electron chi connectivity index (χ3n) is 4.13. The SMILES string of the molecule is BrC1=C2c3ccc4[nH]ncc4c3CC2CCC1.CC. The maximum Gasteiger partial charge on any atom is 0.0653 e. The van der Waals surface area contributed by atoms with Crippen molar-refractivity contribution >= 4 is 32.4 Å². The number of nitrogens with zero attached hydrogens (tertiary/aromatic N) is 1. The largest absolute Gasteiger partial charge is 0.278 e. The second kappa shape index (κ2) is 5.12. The number of benzene rings is 1. The van der Waals surface area contributed by atoms with Gasteiger partial charge < -0.3 is 0 Å². The van der Waals surface area contributed by atoms with Gasteiger partial charge in [0.2, 0.25) is 0 Å². The molecule has 0 saturated heterocycles. The Kier molecular flexibility index (Phi) is 3.48. The Labute approximate surface area is 122 Å². The lowest BCUT2D eigenvalue weighted by Crippen LogP contribution is -2.05. The average Bonchev–Trinajstić information content (AvgIpc) is 3.04. The highest BCUT2D eigenvalue weighted by Crippen LogP contribution is 2.48. The molecule has 1 aromatic carbocycles. The fraction of sp³-hybridized carbons (Fsp3) is 0.438. The fourth-order valence-electron chi connectivity index (χ4n) is 3.37. The van der Waals surface area contributed by atoms with Gasteiger partial charge in [-0.3, -0.25) is 5.10 Å². The first-order chi connectivity index (χ1) is 9.34. The van der Waals surface area contributed by atoms with Gasteiger partial charge in [0, 0.05) is 5.39 Å². The highest BCUT2D eigenvalue weighted by molar-refractivity contribution is 9.11. The van der Waals surface area contributed by atoms with Crippen LogP contribution in [0.2, 0.25) is 0 Å². The second-order valence-corrected chi connectivity index (χ2v) is 5.99. The normalized spacial score (nSPS) is 20.9. The molecular weight excluding hydrogens is 300 g/mol. The lowest BCUT2D eigenvalue weighted by molar-refractivity contribution is 0.572. The molecule has 19 heavy (non-hydrogen) atoms. The van der Waals surface area contributed by atoms with Gasteiger partial charge in [0.05, 0.1) is 11.7 Å². The number of allylic oxidation sites excluding steroid dienone is 2. The number of hydrogen-bond donors (Lipinski definition) is 1. The van der Waals surface area contributed by atoms with E-state index in [1.807, 2.05) is 20.0 Å². The van der Waals surface area contributed by atoms with Gasteiger partial charge >= 0.3 is 0 Å². The maximum absolute atomic E-state index is 4.16. The van der Waals surface area contributed by atoms with E-state index in [9.17, 15) is 0 Å². The van der Waals surface area contributed by atoms with Crippen LogP contribution in [0.5, 0.6) is 0 Å². The van der Waals surface area contributed by atoms with Crippen molar-refractivity contribution < 1.29 is 0 Å². The number of halogens is 1. The molecule has 0 amide bonds. The van der Waals surface area contributed by atoms with E-state index in [1.54, 1.807) is 5.57 Å². The molecule has 2 aliphatic rings. The predicted molar refractivity (Wildman–Crippen MR) is 84.3 cm³/mol. The number of nitrogens with one attached hydrogen (secondary N) is 1. The van der Waals surface area contributed by atoms with E-state index in [2.05, 4.69) is 38.3 Å². The summed E-state index contributed by atoms with van der Waals surface area (Å²) >= 11 is 3.78. The van der Waals surface area contributed by atoms with Crippen LogP contribution >= 0.6 is 15.9 Å². The predicted octanol–water partition coefficient (Wildman–Crippen LogP) is 5.05. The third kappa shape index (κ3) is 1.95. The van der Waals surface area contributed by atoms with Crippen LogP contribution in [0.25, 0.3) is 16.5 Å². The third-order valence-corrected chi connectivity index (χ3v) is 4.95. The molecule has 0 bridgehead atoms. The van der Waals surface area contributed by atoms with Crippen LogP contribution in [0.1, 0.15) is 44.2 Å². The Bertz CT molecular complexity index is 639. The van der Waals surface area contributed by atoms with Crippen molar-refractivity contribution in [1.29, 1.82) is 0 Å². The molecule has 0 spiro atoms. The van der Waals surface area contributed by atoms with Crippen LogP contribution in [0.3, 0.4) is 0 Å². The molecule has 1 heterocycles. The van der Waals surface area contributed by atoms with Crippen LogP contribution in [-0.2, 0) is 6.42 Å². The lowest BCUT2D eigenvalue weighted by atomic mass is 9.88. The van der Waals surface area contributed by atoms with Gasteiger partial charge in [0.15, 0.2) is 0 Å². The summed E-state index contributed by atoms with van der Waals surface area (Å²) < 4.78 is 1.43. The number of aromatic amines is 1. The average molecular weight is 319 g/mol. The van der Waals surface area contributed by atoms with Crippen LogP contribution in [0, 0.1) is 5.92 Å². The molecule has 1 aromatic heterocycles. The van der Waals surface area contributed by atoms with Crippen LogP contribution < -0.4 is 0 Å². The second-order valence-electron chi connectivity index (χ2n) is 5.03. The number of fused-ring (bicyclic) bond motifs is 5. The first kappa shape index (κ1) is 12.9. The Morgan fingerprint density at radius 2 is 2.16 bits per heavy atom. The van der Waals surface area contributed by atoms with Crippen LogP contribution in [0.15, 0.2) is 22.8 Å². The molecule has 2 aromatic rings. The summed E-state index contributed by atoms with van der Waals surface area (Å²) in [5.41, 5.74) is 5.68. The van der Waals surface area contributed by atoms with Crippen molar-refractivity contribution in [3.8, 4) is 0 Å². The minimum atomic E-state index is 0.730. The first-order valence-electron chi connectivity index (χ1n) is 7.18. The lowest BCUT2D eigenvalue weighted by Gasteiger charge is -2.20. The van der Waals surface area contributed by atoms with Gasteiger partial charge in [0.1, 0.15) is 0 Å². The number of aromatic nitrogens is 2. The van der Waals surface area contributed by atoms with Gasteiger partial charge in [0.25, 0.3) is 0 Å². The standard InChI is InChI=1S/C14H13BrN2.C2H6/c15-12-3-1-2-8-6-10-9(14(8)12)4-5-13-11(10)7-16-17-13;1-2/h4-5,7-8H,1-3,6H2,(H,16,17);1-2H3. The summed E-state index contributed by atoms with van der Waals surface area (Å²) in [4.78, 5) is 0. The minimum Gasteiger partial charge on any atom is -0.278 e. The van der Waals surface area contributed by atoms with E-state index < -0.39 is 0 Å². The molecule has 1 unspecified atom stereocenters. The highest BCUT2D eigenvalue weighted by atomic mass is 79.9. The zero-order valence-electron chi connectivity index (χ0n) is 11.5. The summed E-state index contributed by atoms with van der Waals surface area (Å²) in [5.74, 6) is 0.730. The number of H-pyrrole nitrogens is 1. The van der Waals surface area contributed by atoms with Crippen LogP contribution in [-0.4, -0.2) is 10.2 Å². The van der Waals surface area contributed by atoms with Gasteiger partial charge in [-0.1, -0.05) is 35.8 Å². The molecule has 4 rings (SSSR count). The molecular formula is C16H19BrN2. The summed E-state index contributed by atoms with van der Waals surface area (Å²) in [6.07, 6.45) is 7.01. The quantitative estimate of drug-likeness (QED) is 0.723. The Morgan fingerprint density at radius 1 is 1.32 bits per heavy atom. The molecule has 0 fully saturated rings. The molecule has 100 valence electrons. The van der Waals surface area contributed by atoms with Crippen molar-refractivity contribution in [2.24, 2.45) is 5.92 Å². The molecule has 0 radical (unpaired) electrons. The zero-order valence-corrected chi connectivity index (χ0v) is 13.0. The maximum atomic E-state index is 4.16. The monoisotopic (exact) mass is 318 g/mol. The van der Waals surface area contributed by atoms with Crippen molar-refractivity contribution in [3.63, 3.8) is 0 Å². The summed E-state index contributed by atoms with van der Waals surface area (Å²) in [7, 11) is 0. The Morgan fingerprint density at radius 3 is 3.00 bits per heavy atom. The first-order valence-corrected chi connectivity index (χ1v) is 7.98. The van der Waals surface area contributed by atoms with E-state index >= 15 is 0 Å². The summed E-state index contributed by atoms with van der Waals surface area (Å²) in [6.45, 7) is 4.00. The van der Waals surface area contributed by atoms with Gasteiger partial charge in [-0.05, 0) is 58.8 Å². The smallest absolute Gasteiger partial charge is 0.0653 e. The van der Waals surface area contributed by atoms with E-state index in [0.29, 0.717) is 0 Å². The van der Waals surface area contributed by atoms with Crippen molar-refractivity contribution in [1.82, 2.24) is 10.2 Å². The number of hydrogen-bond acceptors (Lipinski definition) is 1. The topological polar surface area (TPSA) is 28.7 Å². The van der Waals surface area contributed by atoms with Gasteiger partial charge in [-0.15, -0.1) is 0 Å². The van der Waals surface area contributed by atoms with Gasteiger partial charge in [-0.25, -0.2) is 0 Å². The van der Waals surface area contributed by atoms with Gasteiger partial charge in [-0.2, -0.15) is 5.10 Å². The van der Waals surface area contributed by atoms with E-state index in [4.69, 9.17) is 0 Å². The highest BCUT2D eigenvalue weighted by Gasteiger charge is 2.32. The molecule has 1 N–H and O–H groups in total. The molecule has 2 aliphatic carbocycles. The summed E-state index contributed by atoms with van der Waals surface area (Å²) in [5, 5.41) is 8.54. The van der Waals surface area contributed by atoms with E-state index in [-0.39, 0.29) is 0 Å². The molecule has 1 atom stereocenters. The summed E-state index contributed by atoms with van der Waals surface area (Å²) in [6, 6.07) is 4.42. The van der Waals surface area contributed by atoms with E-state index in [1.165, 1.54) is 52.2 Å². The number of rotatable bonds is 0. The minimum absolute atomic E-state index is 0.730. The fourth-order valence-corrected chi connectivity index (χ4v) is 4.19. The van der Waals surface area contributed by atoms with Crippen LogP contribution in [0.4, 0.5) is 0 Å². The molecule has 3 heteroatoms. The Balaban J connectivity index is 0.000000528. The molecule has 0 aliphatic heterocycles. The van der Waals surface area contributed by atoms with Crippen molar-refractivity contribution in [2.45, 2.75) is 39.5 Å². The molecule has 2 nitrogen and oxygen atoms in total. The van der Waals surface area contributed by atoms with Crippen molar-refractivity contribution in [3.05, 3.63) is 33.9 Å². The zero-order chi connectivity index (χ0) is 13.4. The Hall–Kier alpha value is -1.09. The molecule has 0 saturated carbocycles. The van der Waals surface area contributed by atoms with E-state index in [0.717, 1.165) is 5.92 Å².